The topological polar surface area (TPSA) is 180 Å². The zero-order chi connectivity index (χ0) is 97.5. The molecule has 9 aromatic heterocycles. The highest BCUT2D eigenvalue weighted by Gasteiger charge is 2.13. The van der Waals surface area contributed by atoms with Crippen LogP contribution in [0.2, 0.25) is 0 Å². The van der Waals surface area contributed by atoms with Gasteiger partial charge in [-0.3, -0.25) is 29.9 Å². The van der Waals surface area contributed by atoms with E-state index in [1.54, 1.807) is 12.4 Å². The van der Waals surface area contributed by atoms with E-state index in [1.807, 2.05) is 326 Å². The van der Waals surface area contributed by atoms with Crippen molar-refractivity contribution in [1.29, 1.82) is 0 Å². The quantitative estimate of drug-likeness (QED) is 0.119. The lowest BCUT2D eigenvalue weighted by molar-refractivity contribution is 0.992. The molecule has 0 fully saturated rings. The van der Waals surface area contributed by atoms with Crippen LogP contribution in [0.4, 0.5) is 0 Å². The van der Waals surface area contributed by atoms with Crippen molar-refractivity contribution >= 4 is 32.7 Å². The van der Waals surface area contributed by atoms with Crippen LogP contribution in [0.1, 0.15) is 51.0 Å². The second-order valence-electron chi connectivity index (χ2n) is 33.3. The Morgan fingerprint density at radius 3 is 0.979 bits per heavy atom. The van der Waals surface area contributed by atoms with Gasteiger partial charge in [-0.2, -0.15) is 0 Å². The van der Waals surface area contributed by atoms with Gasteiger partial charge in [0, 0.05) is 114 Å². The first kappa shape index (κ1) is 97.4. The third-order valence-corrected chi connectivity index (χ3v) is 22.3. The van der Waals surface area contributed by atoms with Gasteiger partial charge in [-0.1, -0.05) is 394 Å². The Bertz CT molecular complexity index is 6740. The van der Waals surface area contributed by atoms with Crippen molar-refractivity contribution in [3.05, 3.63) is 543 Å². The summed E-state index contributed by atoms with van der Waals surface area (Å²) in [6.45, 7) is 18.2. The molecule has 0 amide bonds. The zero-order valence-electron chi connectivity index (χ0n) is 80.5. The van der Waals surface area contributed by atoms with E-state index in [2.05, 4.69) is 281 Å². The summed E-state index contributed by atoms with van der Waals surface area (Å²) in [5.41, 5.74) is 31.6. The first-order valence-electron chi connectivity index (χ1n) is 46.8. The third-order valence-electron chi connectivity index (χ3n) is 22.3. The van der Waals surface area contributed by atoms with Gasteiger partial charge < -0.3 is 0 Å². The first-order valence-corrected chi connectivity index (χ1v) is 46.8. The normalized spacial score (nSPS) is 10.3. The van der Waals surface area contributed by atoms with Gasteiger partial charge in [0.15, 0.2) is 17.5 Å². The van der Waals surface area contributed by atoms with Crippen molar-refractivity contribution in [2.24, 2.45) is 0 Å². The molecule has 0 aliphatic rings. The molecule has 14 aromatic carbocycles. The minimum atomic E-state index is 0.715. The predicted octanol–water partition coefficient (Wildman–Crippen LogP) is 31.3. The van der Waals surface area contributed by atoms with Gasteiger partial charge in [0.25, 0.3) is 0 Å². The summed E-state index contributed by atoms with van der Waals surface area (Å²) in [5, 5.41) is 3.64. The van der Waals surface area contributed by atoms with E-state index in [9.17, 15) is 0 Å². The van der Waals surface area contributed by atoms with Crippen LogP contribution in [0.25, 0.3) is 157 Å². The number of nitrogens with zero attached hydrogens (tertiary/aromatic N) is 14. The second kappa shape index (κ2) is 50.4. The Morgan fingerprint density at radius 2 is 0.518 bits per heavy atom. The van der Waals surface area contributed by atoms with Gasteiger partial charge >= 0.3 is 0 Å². The second-order valence-corrected chi connectivity index (χ2v) is 33.3. The molecule has 23 rings (SSSR count). The fourth-order valence-electron chi connectivity index (χ4n) is 15.4. The van der Waals surface area contributed by atoms with Crippen molar-refractivity contribution in [2.75, 3.05) is 0 Å². The number of benzene rings is 14. The number of fused-ring (bicyclic) bond motifs is 3. The molecule has 23 aromatic rings. The molecule has 0 aliphatic carbocycles. The van der Waals surface area contributed by atoms with Gasteiger partial charge in [0.05, 0.1) is 62.1 Å². The average Bonchev–Trinajstić information content (AvgIpc) is 0.716. The largest absolute Gasteiger partial charge is 0.258 e. The van der Waals surface area contributed by atoms with Crippen LogP contribution in [-0.2, 0) is 0 Å². The highest BCUT2D eigenvalue weighted by Crippen LogP contribution is 2.31. The smallest absolute Gasteiger partial charge is 0.163 e. The number of aromatic nitrogens is 14. The van der Waals surface area contributed by atoms with Crippen molar-refractivity contribution in [1.82, 2.24) is 69.8 Å². The number of hydrogen-bond acceptors (Lipinski definition) is 14. The molecular formula is C127H108N14. The lowest BCUT2D eigenvalue weighted by Crippen LogP contribution is -1.99. The number of rotatable bonds is 11. The fraction of sp³-hybridized carbons (Fsp3) is 0.0709. The minimum Gasteiger partial charge on any atom is -0.258 e. The van der Waals surface area contributed by atoms with E-state index < -0.39 is 0 Å². The van der Waals surface area contributed by atoms with Gasteiger partial charge in [-0.15, -0.1) is 0 Å². The Kier molecular flexibility index (Phi) is 34.8. The Labute approximate surface area is 826 Å². The molecule has 0 aliphatic heterocycles. The zero-order valence-corrected chi connectivity index (χ0v) is 80.5. The van der Waals surface area contributed by atoms with Crippen LogP contribution in [0.3, 0.4) is 0 Å². The standard InChI is InChI=1S/2C18H15N.2C17H14N2.C16H13N3.C11H10N2.3C10H9N/c1-14-12-17(15-8-4-2-5-9-15)13-18(19-14)16-10-6-3-7-11-16;1-14-12-17(15-8-4-2-5-9-15)19-18(13-14)16-10-6-3-7-11-16;1-13-18-16(14-8-4-2-5-9-14)12-17(19-13)15-10-6-3-7-11-15;1-13-12-16(14-8-4-2-5-9-14)19-17(18-13)15-10-6-3-7-11-15;1-12-17-15(13-8-4-2-5-9-13)19-16(18-12)14-10-6-3-7-11-14;1-9-11(13-8-7-12-9)10-5-3-2-4-6-10;1-8-4-2-5-9-6-3-7-11-10(8)9;1-8-4-5-10-9(7-8)3-2-6-11-10;1-8-4-5-9-3-2-6-11-10(9)7-8/h2*2-13H,1H3;2*2-12H,1H3;2-11H,1H3;2-8H,1H3;3*2-7H,1H3. The fourth-order valence-corrected chi connectivity index (χ4v) is 15.4. The number of hydrogen-bond donors (Lipinski definition) is 0. The van der Waals surface area contributed by atoms with E-state index in [0.29, 0.717) is 11.6 Å². The number of aryl methyl sites for hydroxylation is 9. The van der Waals surface area contributed by atoms with Crippen LogP contribution >= 0.6 is 0 Å². The summed E-state index contributed by atoms with van der Waals surface area (Å²) >= 11 is 0. The van der Waals surface area contributed by atoms with Gasteiger partial charge in [-0.25, -0.2) is 39.9 Å². The van der Waals surface area contributed by atoms with Crippen LogP contribution in [0.5, 0.6) is 0 Å². The highest BCUT2D eigenvalue weighted by molar-refractivity contribution is 5.82. The van der Waals surface area contributed by atoms with Gasteiger partial charge in [0.1, 0.15) is 11.6 Å². The average molecular weight is 1830 g/mol. The lowest BCUT2D eigenvalue weighted by Gasteiger charge is -2.07. The molecule has 9 heterocycles. The van der Waals surface area contributed by atoms with Crippen LogP contribution in [0, 0.1) is 62.3 Å². The molecule has 14 heteroatoms. The number of pyridine rings is 5. The summed E-state index contributed by atoms with van der Waals surface area (Å²) in [4.78, 5) is 62.2. The predicted molar refractivity (Wildman–Crippen MR) is 582 cm³/mol. The molecule has 0 unspecified atom stereocenters. The summed E-state index contributed by atoms with van der Waals surface area (Å²) in [6.07, 6.45) is 8.89. The van der Waals surface area contributed by atoms with E-state index in [1.165, 1.54) is 49.5 Å². The van der Waals surface area contributed by atoms with Crippen LogP contribution in [-0.4, -0.2) is 69.8 Å². The van der Waals surface area contributed by atoms with E-state index in [0.717, 1.165) is 147 Å². The summed E-state index contributed by atoms with van der Waals surface area (Å²) in [5.74, 6) is 3.73. The van der Waals surface area contributed by atoms with E-state index in [-0.39, 0.29) is 0 Å². The van der Waals surface area contributed by atoms with Crippen LogP contribution in [0.15, 0.2) is 492 Å². The molecule has 0 saturated heterocycles. The minimum absolute atomic E-state index is 0.715. The van der Waals surface area contributed by atoms with E-state index in [4.69, 9.17) is 4.98 Å². The number of para-hydroxylation sites is 1. The summed E-state index contributed by atoms with van der Waals surface area (Å²) in [6, 6.07) is 155. The molecule has 141 heavy (non-hydrogen) atoms. The maximum Gasteiger partial charge on any atom is 0.163 e. The Morgan fingerprint density at radius 1 is 0.163 bits per heavy atom. The third kappa shape index (κ3) is 29.0. The maximum absolute atomic E-state index is 4.77. The molecule has 0 spiro atoms. The van der Waals surface area contributed by atoms with Crippen molar-refractivity contribution < 1.29 is 0 Å². The first-order chi connectivity index (χ1) is 69.1. The molecule has 686 valence electrons. The Balaban J connectivity index is 0.000000121. The monoisotopic (exact) mass is 1830 g/mol. The Hall–Kier alpha value is -18.1. The molecule has 0 N–H and O–H groups in total. The molecule has 0 bridgehead atoms. The molecule has 14 nitrogen and oxygen atoms in total. The van der Waals surface area contributed by atoms with Crippen molar-refractivity contribution in [2.45, 2.75) is 62.3 Å². The SMILES string of the molecule is Cc1cc(-c2ccccc2)cc(-c2ccccc2)n1.Cc1cc(-c2ccccc2)nc(-c2ccccc2)c1.Cc1cc(-c2ccccc2)nc(-c2ccccc2)n1.Cc1ccc2cccnc2c1.Cc1ccc2ncccc2c1.Cc1cccc2cccnc12.Cc1nc(-c2ccccc2)cc(-c2ccccc2)n1.Cc1nc(-c2ccccc2)nc(-c2ccccc2)n1.Cc1nccnc1-c1ccccc1. The van der Waals surface area contributed by atoms with Gasteiger partial charge in [0.2, 0.25) is 0 Å². The highest BCUT2D eigenvalue weighted by atomic mass is 15.0. The summed E-state index contributed by atoms with van der Waals surface area (Å²) in [7, 11) is 0. The van der Waals surface area contributed by atoms with Crippen molar-refractivity contribution in [3.8, 4) is 124 Å². The molecular weight excluding hydrogens is 1720 g/mol. The van der Waals surface area contributed by atoms with Crippen molar-refractivity contribution in [3.63, 3.8) is 0 Å². The van der Waals surface area contributed by atoms with Gasteiger partial charge in [-0.05, 0) is 163 Å². The van der Waals surface area contributed by atoms with E-state index >= 15 is 0 Å². The maximum atomic E-state index is 4.77. The van der Waals surface area contributed by atoms with Crippen LogP contribution < -0.4 is 0 Å². The molecule has 0 saturated carbocycles. The molecule has 0 radical (unpaired) electrons. The molecule has 0 atom stereocenters. The lowest BCUT2D eigenvalue weighted by atomic mass is 10.0. The summed E-state index contributed by atoms with van der Waals surface area (Å²) < 4.78 is 0.